The van der Waals surface area contributed by atoms with Gasteiger partial charge >= 0.3 is 0 Å². The zero-order valence-corrected chi connectivity index (χ0v) is 14.1. The van der Waals surface area contributed by atoms with Crippen molar-refractivity contribution in [2.45, 2.75) is 0 Å². The van der Waals surface area contributed by atoms with E-state index in [1.54, 1.807) is 17.4 Å². The number of nitrogens with two attached hydrogens (primary N) is 1. The molecule has 2 N–H and O–H groups in total. The number of nitrogens with zero attached hydrogens (tertiary/aromatic N) is 2. The summed E-state index contributed by atoms with van der Waals surface area (Å²) in [6.07, 6.45) is 5.02. The van der Waals surface area contributed by atoms with Crippen molar-refractivity contribution in [1.82, 2.24) is 9.38 Å². The zero-order chi connectivity index (χ0) is 17.2. The summed E-state index contributed by atoms with van der Waals surface area (Å²) >= 11 is 1.55. The Morgan fingerprint density at radius 1 is 1.00 bits per heavy atom. The molecule has 2 aromatic heterocycles. The summed E-state index contributed by atoms with van der Waals surface area (Å²) in [4.78, 5) is 16.7. The van der Waals surface area contributed by atoms with Crippen LogP contribution in [0.4, 0.5) is 0 Å². The molecule has 0 saturated carbocycles. The number of thiazole rings is 1. The van der Waals surface area contributed by atoms with Crippen molar-refractivity contribution in [2.75, 3.05) is 0 Å². The topological polar surface area (TPSA) is 60.4 Å². The Balaban J connectivity index is 1.78. The van der Waals surface area contributed by atoms with Gasteiger partial charge in [-0.3, -0.25) is 9.20 Å². The van der Waals surface area contributed by atoms with Crippen LogP contribution in [-0.2, 0) is 4.79 Å². The van der Waals surface area contributed by atoms with Crippen molar-refractivity contribution in [2.24, 2.45) is 5.73 Å². The van der Waals surface area contributed by atoms with Crippen molar-refractivity contribution in [3.05, 3.63) is 77.9 Å². The van der Waals surface area contributed by atoms with Crippen molar-refractivity contribution in [3.8, 4) is 22.4 Å². The van der Waals surface area contributed by atoms with Crippen LogP contribution in [0.2, 0.25) is 0 Å². The van der Waals surface area contributed by atoms with Crippen LogP contribution < -0.4 is 5.73 Å². The Bertz CT molecular complexity index is 1060. The van der Waals surface area contributed by atoms with E-state index >= 15 is 0 Å². The van der Waals surface area contributed by atoms with Crippen molar-refractivity contribution in [1.29, 1.82) is 0 Å². The molecule has 1 amide bonds. The molecule has 0 atom stereocenters. The molecule has 25 heavy (non-hydrogen) atoms. The van der Waals surface area contributed by atoms with Crippen LogP contribution in [0.15, 0.2) is 72.3 Å². The molecule has 2 heterocycles. The SMILES string of the molecule is NC(=O)/C=C\c1c(-c2ccc(-c3ccccc3)cc2)nc2sccn12. The normalized spacial score (nSPS) is 11.4. The molecule has 0 spiro atoms. The smallest absolute Gasteiger partial charge is 0.241 e. The number of fused-ring (bicyclic) bond motifs is 1. The van der Waals surface area contributed by atoms with Crippen LogP contribution >= 0.6 is 11.3 Å². The third kappa shape index (κ3) is 2.97. The maximum Gasteiger partial charge on any atom is 0.241 e. The van der Waals surface area contributed by atoms with Gasteiger partial charge in [0.1, 0.15) is 0 Å². The number of amides is 1. The first kappa shape index (κ1) is 15.4. The lowest BCUT2D eigenvalue weighted by molar-refractivity contribution is -0.113. The zero-order valence-electron chi connectivity index (χ0n) is 13.3. The molecular weight excluding hydrogens is 330 g/mol. The molecule has 4 aromatic rings. The Kier molecular flexibility index (Phi) is 3.91. The average Bonchev–Trinajstić information content (AvgIpc) is 3.22. The van der Waals surface area contributed by atoms with Gasteiger partial charge in [0.05, 0.1) is 11.4 Å². The molecule has 0 bridgehead atoms. The number of aromatic nitrogens is 2. The quantitative estimate of drug-likeness (QED) is 0.563. The first-order valence-electron chi connectivity index (χ1n) is 7.81. The number of rotatable bonds is 4. The monoisotopic (exact) mass is 345 g/mol. The number of carbonyl (C=O) groups excluding carboxylic acids is 1. The molecule has 0 saturated heterocycles. The number of imidazole rings is 1. The summed E-state index contributed by atoms with van der Waals surface area (Å²) in [5.74, 6) is -0.476. The van der Waals surface area contributed by atoms with E-state index < -0.39 is 5.91 Å². The number of hydrogen-bond acceptors (Lipinski definition) is 3. The Hall–Kier alpha value is -3.18. The van der Waals surface area contributed by atoms with Crippen LogP contribution in [0, 0.1) is 0 Å². The van der Waals surface area contributed by atoms with Gasteiger partial charge in [-0.05, 0) is 17.2 Å². The van der Waals surface area contributed by atoms with E-state index in [2.05, 4.69) is 36.4 Å². The highest BCUT2D eigenvalue weighted by atomic mass is 32.1. The number of benzene rings is 2. The van der Waals surface area contributed by atoms with Crippen LogP contribution in [-0.4, -0.2) is 15.3 Å². The van der Waals surface area contributed by atoms with E-state index in [9.17, 15) is 4.79 Å². The van der Waals surface area contributed by atoms with Gasteiger partial charge in [-0.25, -0.2) is 4.98 Å². The maximum atomic E-state index is 11.1. The third-order valence-corrected chi connectivity index (χ3v) is 4.73. The van der Waals surface area contributed by atoms with E-state index in [1.165, 1.54) is 11.6 Å². The van der Waals surface area contributed by atoms with Crippen LogP contribution in [0.3, 0.4) is 0 Å². The fourth-order valence-corrected chi connectivity index (χ4v) is 3.51. The lowest BCUT2D eigenvalue weighted by atomic mass is 10.0. The molecule has 0 aliphatic heterocycles. The van der Waals surface area contributed by atoms with Gasteiger partial charge in [-0.15, -0.1) is 11.3 Å². The summed E-state index contributed by atoms with van der Waals surface area (Å²) in [5.41, 5.74) is 10.3. The predicted molar refractivity (Wildman–Crippen MR) is 102 cm³/mol. The van der Waals surface area contributed by atoms with Crippen molar-refractivity contribution >= 4 is 28.3 Å². The van der Waals surface area contributed by atoms with E-state index in [4.69, 9.17) is 10.7 Å². The Labute approximate surface area is 148 Å². The molecule has 4 nitrogen and oxygen atoms in total. The maximum absolute atomic E-state index is 11.1. The van der Waals surface area contributed by atoms with Gasteiger partial charge in [-0.1, -0.05) is 54.6 Å². The molecule has 0 aliphatic carbocycles. The summed E-state index contributed by atoms with van der Waals surface area (Å²) in [6.45, 7) is 0. The van der Waals surface area contributed by atoms with E-state index in [-0.39, 0.29) is 0 Å². The summed E-state index contributed by atoms with van der Waals surface area (Å²) in [6, 6.07) is 18.5. The van der Waals surface area contributed by atoms with Gasteiger partial charge in [0.15, 0.2) is 4.96 Å². The van der Waals surface area contributed by atoms with Gasteiger partial charge < -0.3 is 5.73 Å². The first-order chi connectivity index (χ1) is 12.2. The van der Waals surface area contributed by atoms with E-state index in [0.29, 0.717) is 0 Å². The lowest BCUT2D eigenvalue weighted by Crippen LogP contribution is -2.05. The molecule has 0 fully saturated rings. The number of carbonyl (C=O) groups is 1. The van der Waals surface area contributed by atoms with Crippen LogP contribution in [0.1, 0.15) is 5.69 Å². The second-order valence-corrected chi connectivity index (χ2v) is 6.45. The number of hydrogen-bond donors (Lipinski definition) is 1. The van der Waals surface area contributed by atoms with Crippen molar-refractivity contribution < 1.29 is 4.79 Å². The van der Waals surface area contributed by atoms with E-state index in [0.717, 1.165) is 27.5 Å². The molecule has 5 heteroatoms. The van der Waals surface area contributed by atoms with E-state index in [1.807, 2.05) is 34.2 Å². The highest BCUT2D eigenvalue weighted by Gasteiger charge is 2.13. The minimum atomic E-state index is -0.476. The molecule has 0 aliphatic rings. The highest BCUT2D eigenvalue weighted by Crippen LogP contribution is 2.29. The van der Waals surface area contributed by atoms with Gasteiger partial charge in [0.2, 0.25) is 5.91 Å². The fourth-order valence-electron chi connectivity index (χ4n) is 2.79. The predicted octanol–water partition coefficient (Wildman–Crippen LogP) is 4.23. The number of primary amides is 1. The molecule has 122 valence electrons. The molecule has 4 rings (SSSR count). The fraction of sp³-hybridized carbons (Fsp3) is 0. The highest BCUT2D eigenvalue weighted by molar-refractivity contribution is 7.15. The third-order valence-electron chi connectivity index (χ3n) is 3.97. The molecule has 0 unspecified atom stereocenters. The molecular formula is C20H15N3OS. The second-order valence-electron chi connectivity index (χ2n) is 5.58. The minimum absolute atomic E-state index is 0.476. The summed E-state index contributed by atoms with van der Waals surface area (Å²) in [5, 5.41) is 1.96. The molecule has 2 aromatic carbocycles. The first-order valence-corrected chi connectivity index (χ1v) is 8.69. The van der Waals surface area contributed by atoms with Gasteiger partial charge in [0.25, 0.3) is 0 Å². The largest absolute Gasteiger partial charge is 0.366 e. The van der Waals surface area contributed by atoms with Crippen LogP contribution in [0.5, 0.6) is 0 Å². The molecule has 0 radical (unpaired) electrons. The summed E-state index contributed by atoms with van der Waals surface area (Å²) in [7, 11) is 0. The standard InChI is InChI=1S/C20H15N3OS/c21-18(24)11-10-17-19(22-20-23(17)12-13-25-20)16-8-6-15(7-9-16)14-4-2-1-3-5-14/h1-13H,(H2,21,24)/b11-10-. The Morgan fingerprint density at radius 2 is 1.68 bits per heavy atom. The van der Waals surface area contributed by atoms with Crippen molar-refractivity contribution in [3.63, 3.8) is 0 Å². The Morgan fingerprint density at radius 3 is 2.40 bits per heavy atom. The summed E-state index contributed by atoms with van der Waals surface area (Å²) < 4.78 is 1.96. The lowest BCUT2D eigenvalue weighted by Gasteiger charge is -2.04. The second kappa shape index (κ2) is 6.37. The average molecular weight is 345 g/mol. The van der Waals surface area contributed by atoms with Gasteiger partial charge in [-0.2, -0.15) is 0 Å². The van der Waals surface area contributed by atoms with Crippen LogP contribution in [0.25, 0.3) is 33.4 Å². The van der Waals surface area contributed by atoms with Gasteiger partial charge in [0, 0.05) is 23.2 Å². The minimum Gasteiger partial charge on any atom is -0.366 e.